The Bertz CT molecular complexity index is 700. The lowest BCUT2D eigenvalue weighted by molar-refractivity contribution is 0.0694. The molecule has 1 heterocycles. The van der Waals surface area contributed by atoms with E-state index in [0.717, 1.165) is 30.5 Å². The Morgan fingerprint density at radius 2 is 2.14 bits per heavy atom. The topological polar surface area (TPSA) is 81.5 Å². The van der Waals surface area contributed by atoms with Crippen molar-refractivity contribution in [2.24, 2.45) is 0 Å². The maximum absolute atomic E-state index is 11.3. The number of methoxy groups -OCH3 is 1. The second-order valence-corrected chi connectivity index (χ2v) is 4.73. The molecule has 0 amide bonds. The highest BCUT2D eigenvalue weighted by atomic mass is 16.5. The Balaban J connectivity index is 2.01. The summed E-state index contributed by atoms with van der Waals surface area (Å²) in [4.78, 5) is 19.6. The van der Waals surface area contributed by atoms with Crippen LogP contribution in [0.4, 0.5) is 0 Å². The van der Waals surface area contributed by atoms with Crippen molar-refractivity contribution >= 4 is 5.97 Å². The van der Waals surface area contributed by atoms with E-state index in [9.17, 15) is 9.90 Å². The highest BCUT2D eigenvalue weighted by Gasteiger charge is 2.21. The highest BCUT2D eigenvalue weighted by molar-refractivity contribution is 5.91. The lowest BCUT2D eigenvalue weighted by Gasteiger charge is -2.11. The molecule has 0 radical (unpaired) electrons. The Hall–Kier alpha value is -2.63. The molecule has 1 aliphatic carbocycles. The van der Waals surface area contributed by atoms with Gasteiger partial charge in [0, 0.05) is 11.6 Å². The van der Waals surface area contributed by atoms with Crippen LogP contribution in [-0.4, -0.2) is 28.2 Å². The van der Waals surface area contributed by atoms with E-state index in [2.05, 4.69) is 9.97 Å². The number of fused-ring (bicyclic) bond motifs is 1. The molecule has 21 heavy (non-hydrogen) atoms. The van der Waals surface area contributed by atoms with Gasteiger partial charge in [-0.25, -0.2) is 14.8 Å². The number of nitrogens with zero attached hydrogens (tertiary/aromatic N) is 2. The van der Waals surface area contributed by atoms with Gasteiger partial charge in [-0.2, -0.15) is 0 Å². The number of carboxylic acid groups (broad SMARTS) is 1. The Morgan fingerprint density at radius 3 is 2.90 bits per heavy atom. The van der Waals surface area contributed by atoms with Gasteiger partial charge in [-0.05, 0) is 31.4 Å². The van der Waals surface area contributed by atoms with E-state index in [-0.39, 0.29) is 11.3 Å². The Morgan fingerprint density at radius 1 is 1.29 bits per heavy atom. The first-order chi connectivity index (χ1) is 10.2. The summed E-state index contributed by atoms with van der Waals surface area (Å²) < 4.78 is 10.9. The SMILES string of the molecule is COc1ccc(C(=O)O)c(Oc2ncnc3c2CCC3)c1. The van der Waals surface area contributed by atoms with Crippen LogP contribution in [0.5, 0.6) is 17.4 Å². The first-order valence-corrected chi connectivity index (χ1v) is 6.61. The van der Waals surface area contributed by atoms with Gasteiger partial charge in [0.25, 0.3) is 0 Å². The van der Waals surface area contributed by atoms with Crippen LogP contribution in [0.15, 0.2) is 24.5 Å². The molecule has 0 fully saturated rings. The second kappa shape index (κ2) is 5.40. The van der Waals surface area contributed by atoms with E-state index in [0.29, 0.717) is 11.6 Å². The van der Waals surface area contributed by atoms with Crippen molar-refractivity contribution in [3.05, 3.63) is 41.3 Å². The molecule has 1 aliphatic rings. The van der Waals surface area contributed by atoms with Crippen molar-refractivity contribution in [2.45, 2.75) is 19.3 Å². The quantitative estimate of drug-likeness (QED) is 0.929. The van der Waals surface area contributed by atoms with Gasteiger partial charge in [0.2, 0.25) is 5.88 Å². The monoisotopic (exact) mass is 286 g/mol. The van der Waals surface area contributed by atoms with Crippen LogP contribution < -0.4 is 9.47 Å². The largest absolute Gasteiger partial charge is 0.497 e. The number of rotatable bonds is 4. The fourth-order valence-corrected chi connectivity index (χ4v) is 2.41. The Kier molecular flexibility index (Phi) is 3.43. The zero-order chi connectivity index (χ0) is 14.8. The van der Waals surface area contributed by atoms with Gasteiger partial charge in [0.15, 0.2) is 0 Å². The van der Waals surface area contributed by atoms with Crippen LogP contribution in [0.25, 0.3) is 0 Å². The van der Waals surface area contributed by atoms with Crippen LogP contribution in [0, 0.1) is 0 Å². The zero-order valence-electron chi connectivity index (χ0n) is 11.5. The zero-order valence-corrected chi connectivity index (χ0v) is 11.5. The number of aromatic carboxylic acids is 1. The number of aryl methyl sites for hydroxylation is 1. The molecule has 0 saturated carbocycles. The molecular formula is C15H14N2O4. The van der Waals surface area contributed by atoms with E-state index in [1.807, 2.05) is 0 Å². The lowest BCUT2D eigenvalue weighted by atomic mass is 10.2. The molecule has 0 spiro atoms. The van der Waals surface area contributed by atoms with Crippen molar-refractivity contribution in [1.82, 2.24) is 9.97 Å². The predicted octanol–water partition coefficient (Wildman–Crippen LogP) is 2.46. The normalized spacial score (nSPS) is 12.8. The van der Waals surface area contributed by atoms with Crippen LogP contribution >= 0.6 is 0 Å². The Labute approximate surface area is 121 Å². The molecule has 0 bridgehead atoms. The minimum atomic E-state index is -1.06. The molecule has 0 saturated heterocycles. The van der Waals surface area contributed by atoms with Gasteiger partial charge < -0.3 is 14.6 Å². The fraction of sp³-hybridized carbons (Fsp3) is 0.267. The summed E-state index contributed by atoms with van der Waals surface area (Å²) in [6.45, 7) is 0. The molecule has 2 aromatic rings. The van der Waals surface area contributed by atoms with Crippen LogP contribution in [0.3, 0.4) is 0 Å². The van der Waals surface area contributed by atoms with Crippen LogP contribution in [0.1, 0.15) is 28.0 Å². The molecule has 6 nitrogen and oxygen atoms in total. The van der Waals surface area contributed by atoms with E-state index in [1.54, 1.807) is 12.1 Å². The summed E-state index contributed by atoms with van der Waals surface area (Å²) in [5.41, 5.74) is 2.00. The molecule has 6 heteroatoms. The number of ether oxygens (including phenoxy) is 2. The average Bonchev–Trinajstić information content (AvgIpc) is 2.96. The van der Waals surface area contributed by atoms with Crippen molar-refractivity contribution in [2.75, 3.05) is 7.11 Å². The van der Waals surface area contributed by atoms with Gasteiger partial charge >= 0.3 is 5.97 Å². The number of hydrogen-bond acceptors (Lipinski definition) is 5. The van der Waals surface area contributed by atoms with Gasteiger partial charge in [-0.1, -0.05) is 0 Å². The van der Waals surface area contributed by atoms with E-state index < -0.39 is 5.97 Å². The second-order valence-electron chi connectivity index (χ2n) is 4.73. The number of carboxylic acids is 1. The smallest absolute Gasteiger partial charge is 0.339 e. The summed E-state index contributed by atoms with van der Waals surface area (Å²) in [7, 11) is 1.52. The maximum Gasteiger partial charge on any atom is 0.339 e. The maximum atomic E-state index is 11.3. The number of aromatic nitrogens is 2. The third-order valence-electron chi connectivity index (χ3n) is 3.46. The van der Waals surface area contributed by atoms with Crippen LogP contribution in [0.2, 0.25) is 0 Å². The number of hydrogen-bond donors (Lipinski definition) is 1. The van der Waals surface area contributed by atoms with Gasteiger partial charge in [-0.15, -0.1) is 0 Å². The molecular weight excluding hydrogens is 272 g/mol. The third-order valence-corrected chi connectivity index (χ3v) is 3.46. The van der Waals surface area contributed by atoms with Crippen LogP contribution in [-0.2, 0) is 12.8 Å². The van der Waals surface area contributed by atoms with Crippen molar-refractivity contribution in [3.63, 3.8) is 0 Å². The standard InChI is InChI=1S/C15H14N2O4/c1-20-9-5-6-11(15(18)19)13(7-9)21-14-10-3-2-4-12(10)16-8-17-14/h5-8H,2-4H2,1H3,(H,18,19). The predicted molar refractivity (Wildman–Crippen MR) is 74.1 cm³/mol. The first-order valence-electron chi connectivity index (χ1n) is 6.61. The molecule has 1 aromatic carbocycles. The molecule has 108 valence electrons. The van der Waals surface area contributed by atoms with E-state index >= 15 is 0 Å². The summed E-state index contributed by atoms with van der Waals surface area (Å²) in [5.74, 6) is 0.113. The molecule has 0 atom stereocenters. The average molecular weight is 286 g/mol. The number of benzene rings is 1. The van der Waals surface area contributed by atoms with Crippen molar-refractivity contribution in [3.8, 4) is 17.4 Å². The summed E-state index contributed by atoms with van der Waals surface area (Å²) in [5, 5.41) is 9.25. The minimum absolute atomic E-state index is 0.0705. The van der Waals surface area contributed by atoms with Crippen molar-refractivity contribution < 1.29 is 19.4 Å². The van der Waals surface area contributed by atoms with Crippen molar-refractivity contribution in [1.29, 1.82) is 0 Å². The van der Waals surface area contributed by atoms with E-state index in [4.69, 9.17) is 9.47 Å². The lowest BCUT2D eigenvalue weighted by Crippen LogP contribution is -2.03. The fourth-order valence-electron chi connectivity index (χ4n) is 2.41. The summed E-state index contributed by atoms with van der Waals surface area (Å²) in [6.07, 6.45) is 4.20. The summed E-state index contributed by atoms with van der Waals surface area (Å²) >= 11 is 0. The molecule has 1 aromatic heterocycles. The molecule has 1 N–H and O–H groups in total. The van der Waals surface area contributed by atoms with Gasteiger partial charge in [-0.3, -0.25) is 0 Å². The van der Waals surface area contributed by atoms with E-state index in [1.165, 1.54) is 19.5 Å². The molecule has 0 unspecified atom stereocenters. The van der Waals surface area contributed by atoms with Gasteiger partial charge in [0.05, 0.1) is 12.8 Å². The first kappa shape index (κ1) is 13.4. The molecule has 3 rings (SSSR count). The molecule has 0 aliphatic heterocycles. The highest BCUT2D eigenvalue weighted by Crippen LogP contribution is 2.33. The third kappa shape index (κ3) is 2.52. The number of carbonyl (C=O) groups is 1. The minimum Gasteiger partial charge on any atom is -0.497 e. The summed E-state index contributed by atoms with van der Waals surface area (Å²) in [6, 6.07) is 4.59. The van der Waals surface area contributed by atoms with Gasteiger partial charge in [0.1, 0.15) is 23.4 Å².